The molecule has 0 bridgehead atoms. The summed E-state index contributed by atoms with van der Waals surface area (Å²) in [5.41, 5.74) is 0.557. The smallest absolute Gasteiger partial charge is 0.331 e. The summed E-state index contributed by atoms with van der Waals surface area (Å²) in [7, 11) is 0. The average molecular weight is 265 g/mol. The average Bonchev–Trinajstić information content (AvgIpc) is 2.44. The van der Waals surface area contributed by atoms with Gasteiger partial charge in [0.05, 0.1) is 0 Å². The summed E-state index contributed by atoms with van der Waals surface area (Å²) in [5.74, 6) is -0.441. The van der Waals surface area contributed by atoms with E-state index in [9.17, 15) is 9.59 Å². The van der Waals surface area contributed by atoms with Crippen molar-refractivity contribution in [3.63, 3.8) is 0 Å². The highest BCUT2D eigenvalue weighted by molar-refractivity contribution is 6.01. The number of hydrogen-bond donors (Lipinski definition) is 1. The number of likely N-dealkylation sites (tertiary alicyclic amines) is 1. The van der Waals surface area contributed by atoms with Crippen molar-refractivity contribution >= 4 is 11.9 Å². The summed E-state index contributed by atoms with van der Waals surface area (Å²) in [6.45, 7) is 3.93. The van der Waals surface area contributed by atoms with Crippen LogP contribution in [0.25, 0.3) is 0 Å². The minimum atomic E-state index is -0.997. The fourth-order valence-electron chi connectivity index (χ4n) is 3.41. The monoisotopic (exact) mass is 265 g/mol. The summed E-state index contributed by atoms with van der Waals surface area (Å²) < 4.78 is 0. The van der Waals surface area contributed by atoms with E-state index in [0.29, 0.717) is 17.5 Å². The van der Waals surface area contributed by atoms with Crippen LogP contribution in [0, 0.1) is 5.92 Å². The van der Waals surface area contributed by atoms with Crippen molar-refractivity contribution in [2.45, 2.75) is 58.4 Å². The summed E-state index contributed by atoms with van der Waals surface area (Å²) in [6, 6.07) is 0.339. The summed E-state index contributed by atoms with van der Waals surface area (Å²) in [6.07, 6.45) is 7.02. The topological polar surface area (TPSA) is 57.6 Å². The Hall–Kier alpha value is -1.32. The number of nitrogens with zero attached hydrogens (tertiary/aromatic N) is 1. The molecule has 2 rings (SSSR count). The van der Waals surface area contributed by atoms with Gasteiger partial charge >= 0.3 is 5.97 Å². The van der Waals surface area contributed by atoms with E-state index in [4.69, 9.17) is 5.11 Å². The number of amides is 1. The number of carbonyl (C=O) groups is 2. The van der Waals surface area contributed by atoms with E-state index in [-0.39, 0.29) is 11.5 Å². The van der Waals surface area contributed by atoms with Crippen LogP contribution in [0.5, 0.6) is 0 Å². The molecule has 0 spiro atoms. The zero-order valence-electron chi connectivity index (χ0n) is 11.8. The molecule has 1 heterocycles. The van der Waals surface area contributed by atoms with E-state index in [2.05, 4.69) is 0 Å². The van der Waals surface area contributed by atoms with Gasteiger partial charge in [0.15, 0.2) is 0 Å². The standard InChI is InChI=1S/C15H23NO3/c1-10(11(2)15(18)19)14(17)16-9-5-7-12-6-3-4-8-13(12)16/h12-13H,3-9H2,1-2H3,(H,18,19). The van der Waals surface area contributed by atoms with Crippen molar-refractivity contribution in [2.24, 2.45) is 5.92 Å². The van der Waals surface area contributed by atoms with Crippen molar-refractivity contribution in [3.8, 4) is 0 Å². The van der Waals surface area contributed by atoms with E-state index in [0.717, 1.165) is 19.4 Å². The van der Waals surface area contributed by atoms with E-state index in [1.54, 1.807) is 6.92 Å². The molecule has 0 aromatic carbocycles. The maximum atomic E-state index is 12.5. The van der Waals surface area contributed by atoms with Gasteiger partial charge in [-0.1, -0.05) is 12.8 Å². The number of hydrogen-bond acceptors (Lipinski definition) is 2. The molecule has 0 aromatic heterocycles. The molecular weight excluding hydrogens is 242 g/mol. The zero-order chi connectivity index (χ0) is 14.0. The van der Waals surface area contributed by atoms with Gasteiger partial charge in [-0.3, -0.25) is 4.79 Å². The SMILES string of the molecule is CC(C(=O)O)=C(C)C(=O)N1CCCC2CCCCC21. The second-order valence-electron chi connectivity index (χ2n) is 5.81. The van der Waals surface area contributed by atoms with E-state index in [1.165, 1.54) is 32.6 Å². The van der Waals surface area contributed by atoms with Gasteiger partial charge in [0.1, 0.15) is 0 Å². The quantitative estimate of drug-likeness (QED) is 0.781. The predicted octanol–water partition coefficient (Wildman–Crippen LogP) is 2.59. The Bertz CT molecular complexity index is 412. The minimum absolute atomic E-state index is 0.0727. The molecule has 1 aliphatic carbocycles. The Labute approximate surface area is 114 Å². The lowest BCUT2D eigenvalue weighted by Crippen LogP contribution is -2.50. The lowest BCUT2D eigenvalue weighted by atomic mass is 9.78. The maximum absolute atomic E-state index is 12.5. The number of fused-ring (bicyclic) bond motifs is 1. The third kappa shape index (κ3) is 2.82. The Morgan fingerprint density at radius 1 is 1.00 bits per heavy atom. The van der Waals surface area contributed by atoms with Gasteiger partial charge in [0.2, 0.25) is 5.91 Å². The highest BCUT2D eigenvalue weighted by Crippen LogP contribution is 2.35. The second kappa shape index (κ2) is 5.76. The first-order valence-electron chi connectivity index (χ1n) is 7.24. The fourth-order valence-corrected chi connectivity index (χ4v) is 3.41. The number of piperidine rings is 1. The lowest BCUT2D eigenvalue weighted by molar-refractivity contribution is -0.136. The molecule has 1 amide bonds. The van der Waals surface area contributed by atoms with Crippen LogP contribution in [-0.2, 0) is 9.59 Å². The molecule has 1 aliphatic heterocycles. The van der Waals surface area contributed by atoms with Crippen LogP contribution in [0.4, 0.5) is 0 Å². The fraction of sp³-hybridized carbons (Fsp3) is 0.733. The van der Waals surface area contributed by atoms with Crippen molar-refractivity contribution < 1.29 is 14.7 Å². The molecule has 19 heavy (non-hydrogen) atoms. The molecule has 4 nitrogen and oxygen atoms in total. The second-order valence-corrected chi connectivity index (χ2v) is 5.81. The van der Waals surface area contributed by atoms with Crippen LogP contribution in [0.1, 0.15) is 52.4 Å². The van der Waals surface area contributed by atoms with Gasteiger partial charge < -0.3 is 10.0 Å². The molecule has 2 unspecified atom stereocenters. The number of rotatable bonds is 2. The van der Waals surface area contributed by atoms with Gasteiger partial charge in [-0.2, -0.15) is 0 Å². The maximum Gasteiger partial charge on any atom is 0.331 e. The molecule has 0 radical (unpaired) electrons. The van der Waals surface area contributed by atoms with Gasteiger partial charge in [-0.25, -0.2) is 4.79 Å². The summed E-state index contributed by atoms with van der Waals surface area (Å²) in [5, 5.41) is 9.00. The first kappa shape index (κ1) is 14.1. The highest BCUT2D eigenvalue weighted by atomic mass is 16.4. The van der Waals surface area contributed by atoms with Gasteiger partial charge in [0, 0.05) is 23.7 Å². The minimum Gasteiger partial charge on any atom is -0.478 e. The van der Waals surface area contributed by atoms with Crippen LogP contribution < -0.4 is 0 Å². The zero-order valence-corrected chi connectivity index (χ0v) is 11.8. The Morgan fingerprint density at radius 3 is 2.32 bits per heavy atom. The van der Waals surface area contributed by atoms with E-state index >= 15 is 0 Å². The normalized spacial score (nSPS) is 28.4. The van der Waals surface area contributed by atoms with Gasteiger partial charge in [-0.15, -0.1) is 0 Å². The predicted molar refractivity (Wildman–Crippen MR) is 72.7 cm³/mol. The van der Waals surface area contributed by atoms with Crippen LogP contribution in [0.3, 0.4) is 0 Å². The largest absolute Gasteiger partial charge is 0.478 e. The molecule has 1 N–H and O–H groups in total. The van der Waals surface area contributed by atoms with E-state index in [1.807, 2.05) is 4.90 Å². The molecule has 0 aromatic rings. The van der Waals surface area contributed by atoms with Crippen molar-refractivity contribution in [1.29, 1.82) is 0 Å². The van der Waals surface area contributed by atoms with Crippen molar-refractivity contribution in [2.75, 3.05) is 6.54 Å². The van der Waals surface area contributed by atoms with Crippen LogP contribution in [-0.4, -0.2) is 34.5 Å². The molecule has 4 heteroatoms. The number of aliphatic carboxylic acids is 1. The molecule has 2 fully saturated rings. The van der Waals surface area contributed by atoms with Crippen LogP contribution >= 0.6 is 0 Å². The molecular formula is C15H23NO3. The Morgan fingerprint density at radius 2 is 1.63 bits per heavy atom. The number of carboxylic acids is 1. The molecule has 1 saturated carbocycles. The third-order valence-corrected chi connectivity index (χ3v) is 4.71. The lowest BCUT2D eigenvalue weighted by Gasteiger charge is -2.44. The summed E-state index contributed by atoms with van der Waals surface area (Å²) in [4.78, 5) is 25.4. The van der Waals surface area contributed by atoms with Crippen molar-refractivity contribution in [3.05, 3.63) is 11.1 Å². The first-order chi connectivity index (χ1) is 9.02. The third-order valence-electron chi connectivity index (χ3n) is 4.71. The Kier molecular flexibility index (Phi) is 4.27. The molecule has 2 aliphatic rings. The van der Waals surface area contributed by atoms with Gasteiger partial charge in [0.25, 0.3) is 0 Å². The highest BCUT2D eigenvalue weighted by Gasteiger charge is 2.36. The van der Waals surface area contributed by atoms with Gasteiger partial charge in [-0.05, 0) is 45.4 Å². The number of carbonyl (C=O) groups excluding carboxylic acids is 1. The summed E-state index contributed by atoms with van der Waals surface area (Å²) >= 11 is 0. The molecule has 1 saturated heterocycles. The Balaban J connectivity index is 2.18. The number of carboxylic acid groups (broad SMARTS) is 1. The molecule has 2 atom stereocenters. The molecule has 106 valence electrons. The van der Waals surface area contributed by atoms with Crippen molar-refractivity contribution in [1.82, 2.24) is 4.90 Å². The first-order valence-corrected chi connectivity index (χ1v) is 7.24. The van der Waals surface area contributed by atoms with Crippen LogP contribution in [0.2, 0.25) is 0 Å². The van der Waals surface area contributed by atoms with Crippen LogP contribution in [0.15, 0.2) is 11.1 Å². The van der Waals surface area contributed by atoms with E-state index < -0.39 is 5.97 Å².